The fraction of sp³-hybridized carbons (Fsp3) is 0.278. The molecule has 0 spiro atoms. The monoisotopic (exact) mass is 327 g/mol. The lowest BCUT2D eigenvalue weighted by Gasteiger charge is -2.21. The summed E-state index contributed by atoms with van der Waals surface area (Å²) in [6, 6.07) is 9.52. The third-order valence-corrected chi connectivity index (χ3v) is 3.79. The molecule has 2 atom stereocenters. The van der Waals surface area contributed by atoms with Gasteiger partial charge in [-0.15, -0.1) is 0 Å². The third kappa shape index (κ3) is 4.55. The summed E-state index contributed by atoms with van der Waals surface area (Å²) in [5.41, 5.74) is 5.80. The van der Waals surface area contributed by atoms with Gasteiger partial charge in [-0.25, -0.2) is 0 Å². The first kappa shape index (κ1) is 17.5. The molecule has 0 fully saturated rings. The van der Waals surface area contributed by atoms with Crippen molar-refractivity contribution >= 4 is 11.8 Å². The molecule has 1 heterocycles. The van der Waals surface area contributed by atoms with Crippen LogP contribution in [-0.4, -0.2) is 22.8 Å². The van der Waals surface area contributed by atoms with E-state index in [-0.39, 0.29) is 11.8 Å². The van der Waals surface area contributed by atoms with Gasteiger partial charge in [0, 0.05) is 11.8 Å². The first-order chi connectivity index (χ1) is 11.5. The maximum absolute atomic E-state index is 12.3. The van der Waals surface area contributed by atoms with E-state index in [1.807, 2.05) is 13.8 Å². The molecule has 2 amide bonds. The van der Waals surface area contributed by atoms with Crippen LogP contribution in [0.3, 0.4) is 0 Å². The van der Waals surface area contributed by atoms with Gasteiger partial charge >= 0.3 is 0 Å². The molecule has 0 saturated carbocycles. The lowest BCUT2D eigenvalue weighted by atomic mass is 9.98. The van der Waals surface area contributed by atoms with Gasteiger partial charge in [0.15, 0.2) is 0 Å². The summed E-state index contributed by atoms with van der Waals surface area (Å²) in [5, 5.41) is 2.69. The highest BCUT2D eigenvalue weighted by molar-refractivity contribution is 5.97. The quantitative estimate of drug-likeness (QED) is 0.817. The van der Waals surface area contributed by atoms with Crippen LogP contribution in [0.4, 0.5) is 0 Å². The smallest absolute Gasteiger partial charge is 0.251 e. The zero-order valence-corrected chi connectivity index (χ0v) is 13.7. The summed E-state index contributed by atoms with van der Waals surface area (Å²) in [6.45, 7) is 3.82. The Morgan fingerprint density at radius 3 is 2.46 bits per heavy atom. The van der Waals surface area contributed by atoms with E-state index >= 15 is 0 Å². The van der Waals surface area contributed by atoms with Crippen molar-refractivity contribution in [3.05, 3.63) is 54.4 Å². The van der Waals surface area contributed by atoms with Crippen molar-refractivity contribution in [3.8, 4) is 11.5 Å². The van der Waals surface area contributed by atoms with Crippen LogP contribution in [0.1, 0.15) is 30.6 Å². The zero-order valence-electron chi connectivity index (χ0n) is 13.7. The summed E-state index contributed by atoms with van der Waals surface area (Å²) >= 11 is 0. The van der Waals surface area contributed by atoms with Gasteiger partial charge in [0.2, 0.25) is 5.91 Å². The topological polar surface area (TPSA) is 94.3 Å². The predicted molar refractivity (Wildman–Crippen MR) is 90.7 cm³/mol. The van der Waals surface area contributed by atoms with Crippen molar-refractivity contribution in [2.24, 2.45) is 11.7 Å². The molecular formula is C18H21N3O3. The van der Waals surface area contributed by atoms with E-state index in [0.29, 0.717) is 17.1 Å². The second kappa shape index (κ2) is 8.10. The summed E-state index contributed by atoms with van der Waals surface area (Å²) in [5.74, 6) is 0.300. The minimum atomic E-state index is -0.686. The molecule has 0 bridgehead atoms. The van der Waals surface area contributed by atoms with Gasteiger partial charge in [0.1, 0.15) is 17.5 Å². The number of amides is 2. The average Bonchev–Trinajstić information content (AvgIpc) is 2.60. The van der Waals surface area contributed by atoms with Crippen molar-refractivity contribution in [2.75, 3.05) is 0 Å². The van der Waals surface area contributed by atoms with Crippen LogP contribution in [0.2, 0.25) is 0 Å². The molecule has 6 heteroatoms. The van der Waals surface area contributed by atoms with Crippen LogP contribution in [0.15, 0.2) is 48.8 Å². The Morgan fingerprint density at radius 2 is 1.92 bits per heavy atom. The van der Waals surface area contributed by atoms with E-state index in [1.54, 1.807) is 48.8 Å². The van der Waals surface area contributed by atoms with Crippen molar-refractivity contribution in [1.29, 1.82) is 0 Å². The standard InChI is InChI=1S/C18H21N3O3/c1-3-12(2)16(17(19)22)21-18(23)13-6-8-14(9-7-13)24-15-5-4-10-20-11-15/h4-12,16H,3H2,1-2H3,(H2,19,22)(H,21,23). The average molecular weight is 327 g/mol. The summed E-state index contributed by atoms with van der Waals surface area (Å²) in [6.07, 6.45) is 4.00. The lowest BCUT2D eigenvalue weighted by Crippen LogP contribution is -2.48. The Balaban J connectivity index is 2.04. The van der Waals surface area contributed by atoms with E-state index in [9.17, 15) is 9.59 Å². The number of aromatic nitrogens is 1. The van der Waals surface area contributed by atoms with Crippen molar-refractivity contribution in [1.82, 2.24) is 10.3 Å². The number of carbonyl (C=O) groups is 2. The second-order valence-electron chi connectivity index (χ2n) is 5.55. The normalized spacial score (nSPS) is 12.9. The number of hydrogen-bond acceptors (Lipinski definition) is 4. The Kier molecular flexibility index (Phi) is 5.89. The SMILES string of the molecule is CCC(C)C(NC(=O)c1ccc(Oc2cccnc2)cc1)C(N)=O. The van der Waals surface area contributed by atoms with Crippen molar-refractivity contribution in [2.45, 2.75) is 26.3 Å². The van der Waals surface area contributed by atoms with Crippen LogP contribution in [0, 0.1) is 5.92 Å². The number of nitrogens with zero attached hydrogens (tertiary/aromatic N) is 1. The fourth-order valence-electron chi connectivity index (χ4n) is 2.17. The van der Waals surface area contributed by atoms with Gasteiger partial charge in [-0.05, 0) is 42.3 Å². The van der Waals surface area contributed by atoms with Crippen molar-refractivity contribution in [3.63, 3.8) is 0 Å². The molecule has 0 aliphatic rings. The third-order valence-electron chi connectivity index (χ3n) is 3.79. The largest absolute Gasteiger partial charge is 0.456 e. The van der Waals surface area contributed by atoms with Crippen LogP contribution in [0.5, 0.6) is 11.5 Å². The molecule has 0 radical (unpaired) electrons. The number of nitrogens with one attached hydrogen (secondary N) is 1. The Bertz CT molecular complexity index is 686. The Hall–Kier alpha value is -2.89. The molecule has 3 N–H and O–H groups in total. The number of nitrogens with two attached hydrogens (primary N) is 1. The number of carbonyl (C=O) groups excluding carboxylic acids is 2. The number of primary amides is 1. The highest BCUT2D eigenvalue weighted by atomic mass is 16.5. The highest BCUT2D eigenvalue weighted by Crippen LogP contribution is 2.20. The van der Waals surface area contributed by atoms with Gasteiger partial charge in [-0.1, -0.05) is 20.3 Å². The molecule has 6 nitrogen and oxygen atoms in total. The van der Waals surface area contributed by atoms with E-state index in [2.05, 4.69) is 10.3 Å². The first-order valence-corrected chi connectivity index (χ1v) is 7.79. The maximum Gasteiger partial charge on any atom is 0.251 e. The van der Waals surface area contributed by atoms with Crippen LogP contribution in [0.25, 0.3) is 0 Å². The lowest BCUT2D eigenvalue weighted by molar-refractivity contribution is -0.120. The van der Waals surface area contributed by atoms with Gasteiger partial charge in [0.05, 0.1) is 6.20 Å². The first-order valence-electron chi connectivity index (χ1n) is 7.79. The molecule has 1 aromatic carbocycles. The summed E-state index contributed by atoms with van der Waals surface area (Å²) in [7, 11) is 0. The molecule has 126 valence electrons. The van der Waals surface area contributed by atoms with E-state index in [1.165, 1.54) is 0 Å². The minimum Gasteiger partial charge on any atom is -0.456 e. The Morgan fingerprint density at radius 1 is 1.21 bits per heavy atom. The molecule has 1 aromatic heterocycles. The second-order valence-corrected chi connectivity index (χ2v) is 5.55. The molecule has 2 aromatic rings. The van der Waals surface area contributed by atoms with Gasteiger partial charge < -0.3 is 15.8 Å². The predicted octanol–water partition coefficient (Wildman–Crippen LogP) is 2.50. The molecule has 0 aliphatic carbocycles. The van der Waals surface area contributed by atoms with Gasteiger partial charge in [-0.3, -0.25) is 14.6 Å². The fourth-order valence-corrected chi connectivity index (χ4v) is 2.17. The maximum atomic E-state index is 12.3. The zero-order chi connectivity index (χ0) is 17.5. The number of ether oxygens (including phenoxy) is 1. The summed E-state index contributed by atoms with van der Waals surface area (Å²) < 4.78 is 5.62. The number of pyridine rings is 1. The van der Waals surface area contributed by atoms with E-state index < -0.39 is 11.9 Å². The number of hydrogen-bond donors (Lipinski definition) is 2. The minimum absolute atomic E-state index is 0.0281. The number of rotatable bonds is 7. The van der Waals surface area contributed by atoms with E-state index in [4.69, 9.17) is 10.5 Å². The van der Waals surface area contributed by atoms with Gasteiger partial charge in [0.25, 0.3) is 5.91 Å². The molecule has 24 heavy (non-hydrogen) atoms. The van der Waals surface area contributed by atoms with E-state index in [0.717, 1.165) is 6.42 Å². The van der Waals surface area contributed by atoms with Crippen LogP contribution < -0.4 is 15.8 Å². The van der Waals surface area contributed by atoms with Crippen LogP contribution >= 0.6 is 0 Å². The summed E-state index contributed by atoms with van der Waals surface area (Å²) in [4.78, 5) is 27.8. The highest BCUT2D eigenvalue weighted by Gasteiger charge is 2.24. The number of benzene rings is 1. The molecule has 0 aliphatic heterocycles. The van der Waals surface area contributed by atoms with Gasteiger partial charge in [-0.2, -0.15) is 0 Å². The molecule has 2 unspecified atom stereocenters. The van der Waals surface area contributed by atoms with Crippen molar-refractivity contribution < 1.29 is 14.3 Å². The van der Waals surface area contributed by atoms with Crippen LogP contribution in [-0.2, 0) is 4.79 Å². The Labute approximate surface area is 141 Å². The molecular weight excluding hydrogens is 306 g/mol. The molecule has 2 rings (SSSR count). The molecule has 0 saturated heterocycles.